The maximum absolute atomic E-state index is 10.5. The van der Waals surface area contributed by atoms with Gasteiger partial charge in [0.15, 0.2) is 0 Å². The fourth-order valence-corrected chi connectivity index (χ4v) is 1.81. The molecule has 0 unspecified atom stereocenters. The smallest absolute Gasteiger partial charge is 1.00 e. The van der Waals surface area contributed by atoms with Gasteiger partial charge in [-0.2, -0.15) is 8.42 Å². The van der Waals surface area contributed by atoms with E-state index in [0.717, 1.165) is 6.07 Å². The summed E-state index contributed by atoms with van der Waals surface area (Å²) < 4.78 is 33.8. The average molecular weight is 280 g/mol. The van der Waals surface area contributed by atoms with Crippen LogP contribution >= 0.6 is 0 Å². The SMILES string of the molecule is O=S(=O)(O)Oc1cc(O)c2cc(O)ccc2c1.[H-].[Na+]. The van der Waals surface area contributed by atoms with Gasteiger partial charge >= 0.3 is 40.0 Å². The molecule has 0 aromatic heterocycles. The van der Waals surface area contributed by atoms with Gasteiger partial charge in [0, 0.05) is 11.5 Å². The van der Waals surface area contributed by atoms with Gasteiger partial charge in [0.2, 0.25) is 0 Å². The Balaban J connectivity index is 0.00000162. The Morgan fingerprint density at radius 2 is 1.78 bits per heavy atom. The zero-order valence-corrected chi connectivity index (χ0v) is 12.2. The van der Waals surface area contributed by atoms with Crippen LogP contribution in [0.15, 0.2) is 30.3 Å². The molecule has 0 saturated heterocycles. The van der Waals surface area contributed by atoms with Crippen molar-refractivity contribution in [2.45, 2.75) is 0 Å². The third-order valence-corrected chi connectivity index (χ3v) is 2.49. The van der Waals surface area contributed by atoms with Crippen LogP contribution in [-0.2, 0) is 10.4 Å². The van der Waals surface area contributed by atoms with Gasteiger partial charge in [-0.05, 0) is 23.6 Å². The van der Waals surface area contributed by atoms with E-state index in [2.05, 4.69) is 4.18 Å². The molecule has 0 amide bonds. The molecule has 8 heteroatoms. The second-order valence-electron chi connectivity index (χ2n) is 3.36. The van der Waals surface area contributed by atoms with Gasteiger partial charge in [0.05, 0.1) is 0 Å². The van der Waals surface area contributed by atoms with Crippen LogP contribution in [0.3, 0.4) is 0 Å². The molecule has 2 aromatic rings. The van der Waals surface area contributed by atoms with Gasteiger partial charge in [0.25, 0.3) is 0 Å². The largest absolute Gasteiger partial charge is 1.00 e. The number of hydrogen-bond donors (Lipinski definition) is 3. The standard InChI is InChI=1S/C10H8O6S.Na.H/c11-7-2-1-6-3-8(16-17(13,14)15)5-10(12)9(6)4-7;;/h1-5,11-12H,(H,13,14,15);;/q;+1;-1. The van der Waals surface area contributed by atoms with Crippen molar-refractivity contribution in [2.24, 2.45) is 0 Å². The van der Waals surface area contributed by atoms with Crippen LogP contribution in [-0.4, -0.2) is 23.2 Å². The Hall–Kier alpha value is -0.990. The summed E-state index contributed by atoms with van der Waals surface area (Å²) in [6.45, 7) is 0. The van der Waals surface area contributed by atoms with E-state index in [0.29, 0.717) is 10.8 Å². The third-order valence-electron chi connectivity index (χ3n) is 2.09. The molecule has 0 aliphatic rings. The second kappa shape index (κ2) is 5.33. The van der Waals surface area contributed by atoms with Gasteiger partial charge in [-0.15, -0.1) is 0 Å². The summed E-state index contributed by atoms with van der Waals surface area (Å²) in [5, 5.41) is 19.6. The molecular weight excluding hydrogens is 271 g/mol. The molecule has 0 heterocycles. The molecule has 0 saturated carbocycles. The topological polar surface area (TPSA) is 104 Å². The molecule has 0 radical (unpaired) electrons. The normalized spacial score (nSPS) is 10.9. The van der Waals surface area contributed by atoms with Crippen LogP contribution in [0.4, 0.5) is 0 Å². The molecule has 0 aliphatic carbocycles. The first kappa shape index (κ1) is 15.1. The molecule has 0 bridgehead atoms. The number of rotatable bonds is 2. The molecule has 92 valence electrons. The first-order valence-electron chi connectivity index (χ1n) is 4.48. The number of benzene rings is 2. The Morgan fingerprint density at radius 1 is 1.11 bits per heavy atom. The predicted octanol–water partition coefficient (Wildman–Crippen LogP) is -1.45. The number of aromatic hydroxyl groups is 2. The molecular formula is C10H9NaO6S. The van der Waals surface area contributed by atoms with E-state index in [1.54, 1.807) is 0 Å². The van der Waals surface area contributed by atoms with Gasteiger partial charge < -0.3 is 15.8 Å². The fourth-order valence-electron chi connectivity index (χ4n) is 1.47. The summed E-state index contributed by atoms with van der Waals surface area (Å²) in [7, 11) is -4.63. The number of hydrogen-bond acceptors (Lipinski definition) is 5. The minimum absolute atomic E-state index is 0. The molecule has 0 atom stereocenters. The van der Waals surface area contributed by atoms with Crippen molar-refractivity contribution >= 4 is 21.2 Å². The molecule has 0 aliphatic heterocycles. The average Bonchev–Trinajstić information content (AvgIpc) is 2.17. The van der Waals surface area contributed by atoms with Crippen LogP contribution < -0.4 is 33.7 Å². The van der Waals surface area contributed by atoms with E-state index in [1.165, 1.54) is 24.3 Å². The number of phenols is 2. The van der Waals surface area contributed by atoms with Crippen molar-refractivity contribution < 1.29 is 58.4 Å². The summed E-state index contributed by atoms with van der Waals surface area (Å²) in [5.41, 5.74) is 0. The van der Waals surface area contributed by atoms with E-state index >= 15 is 0 Å². The predicted molar refractivity (Wildman–Crippen MR) is 60.6 cm³/mol. The van der Waals surface area contributed by atoms with Crippen LogP contribution in [0.2, 0.25) is 0 Å². The van der Waals surface area contributed by atoms with Crippen LogP contribution in [0.25, 0.3) is 10.8 Å². The minimum Gasteiger partial charge on any atom is -1.00 e. The summed E-state index contributed by atoms with van der Waals surface area (Å²) in [6, 6.07) is 6.50. The number of phenolic OH excluding ortho intramolecular Hbond substituents is 2. The van der Waals surface area contributed by atoms with Gasteiger partial charge in [-0.1, -0.05) is 6.07 Å². The van der Waals surface area contributed by atoms with E-state index in [4.69, 9.17) is 4.55 Å². The van der Waals surface area contributed by atoms with E-state index in [1.807, 2.05) is 0 Å². The van der Waals surface area contributed by atoms with E-state index in [-0.39, 0.29) is 48.2 Å². The molecule has 2 rings (SSSR count). The Morgan fingerprint density at radius 3 is 2.39 bits per heavy atom. The summed E-state index contributed by atoms with van der Waals surface area (Å²) in [5.74, 6) is -0.517. The van der Waals surface area contributed by atoms with Crippen LogP contribution in [0.1, 0.15) is 1.43 Å². The zero-order valence-electron chi connectivity index (χ0n) is 10.4. The van der Waals surface area contributed by atoms with Crippen molar-refractivity contribution in [1.82, 2.24) is 0 Å². The number of fused-ring (bicyclic) bond motifs is 1. The third kappa shape index (κ3) is 3.50. The minimum atomic E-state index is -4.63. The van der Waals surface area contributed by atoms with Crippen LogP contribution in [0, 0.1) is 0 Å². The molecule has 0 fully saturated rings. The van der Waals surface area contributed by atoms with Crippen molar-refractivity contribution in [2.75, 3.05) is 0 Å². The Kier molecular flexibility index (Phi) is 4.46. The first-order valence-corrected chi connectivity index (χ1v) is 5.84. The van der Waals surface area contributed by atoms with Gasteiger partial charge in [0.1, 0.15) is 17.2 Å². The van der Waals surface area contributed by atoms with E-state index < -0.39 is 10.4 Å². The Labute approximate surface area is 127 Å². The summed E-state index contributed by atoms with van der Waals surface area (Å²) in [6.07, 6.45) is 0. The molecule has 3 N–H and O–H groups in total. The second-order valence-corrected chi connectivity index (χ2v) is 4.38. The molecule has 6 nitrogen and oxygen atoms in total. The maximum atomic E-state index is 10.5. The van der Waals surface area contributed by atoms with Crippen LogP contribution in [0.5, 0.6) is 17.2 Å². The van der Waals surface area contributed by atoms with Crippen molar-refractivity contribution in [3.05, 3.63) is 30.3 Å². The zero-order chi connectivity index (χ0) is 12.6. The van der Waals surface area contributed by atoms with Crippen molar-refractivity contribution in [3.8, 4) is 17.2 Å². The molecule has 0 spiro atoms. The van der Waals surface area contributed by atoms with Crippen molar-refractivity contribution in [3.63, 3.8) is 0 Å². The van der Waals surface area contributed by atoms with Crippen molar-refractivity contribution in [1.29, 1.82) is 0 Å². The fraction of sp³-hybridized carbons (Fsp3) is 0. The maximum Gasteiger partial charge on any atom is 1.00 e. The van der Waals surface area contributed by atoms with Gasteiger partial charge in [-0.25, -0.2) is 0 Å². The summed E-state index contributed by atoms with van der Waals surface area (Å²) >= 11 is 0. The first-order chi connectivity index (χ1) is 7.85. The molecule has 2 aromatic carbocycles. The van der Waals surface area contributed by atoms with Gasteiger partial charge in [-0.3, -0.25) is 4.55 Å². The van der Waals surface area contributed by atoms with E-state index in [9.17, 15) is 18.6 Å². The summed E-state index contributed by atoms with van der Waals surface area (Å²) in [4.78, 5) is 0. The molecule has 18 heavy (non-hydrogen) atoms. The quantitative estimate of drug-likeness (QED) is 0.459. The Bertz CT molecular complexity index is 688. The monoisotopic (exact) mass is 280 g/mol.